The van der Waals surface area contributed by atoms with Crippen molar-refractivity contribution < 1.29 is 13.2 Å². The molecule has 0 amide bonds. The van der Waals surface area contributed by atoms with Gasteiger partial charge in [-0.1, -0.05) is 11.6 Å². The Kier molecular flexibility index (Phi) is 3.82. The van der Waals surface area contributed by atoms with Gasteiger partial charge in [0.25, 0.3) is 10.0 Å². The summed E-state index contributed by atoms with van der Waals surface area (Å²) in [6, 6.07) is 4.37. The van der Waals surface area contributed by atoms with Crippen molar-refractivity contribution in [3.05, 3.63) is 41.4 Å². The largest absolute Gasteiger partial charge is 0.492 e. The average molecular weight is 301 g/mol. The van der Waals surface area contributed by atoms with Crippen LogP contribution in [0.15, 0.2) is 35.5 Å². The first-order valence-electron chi connectivity index (χ1n) is 5.64. The van der Waals surface area contributed by atoms with Gasteiger partial charge in [-0.3, -0.25) is 0 Å². The molecule has 0 aliphatic rings. The van der Waals surface area contributed by atoms with Gasteiger partial charge in [-0.05, 0) is 26.0 Å². The molecule has 5 nitrogen and oxygen atoms in total. The number of hydrogen-bond donors (Lipinski definition) is 0. The second-order valence-electron chi connectivity index (χ2n) is 3.80. The normalized spacial score (nSPS) is 11.5. The van der Waals surface area contributed by atoms with Crippen LogP contribution in [0.4, 0.5) is 0 Å². The molecule has 0 N–H and O–H groups in total. The van der Waals surface area contributed by atoms with Gasteiger partial charge >= 0.3 is 0 Å². The molecule has 7 heteroatoms. The van der Waals surface area contributed by atoms with E-state index in [9.17, 15) is 8.42 Å². The molecule has 1 heterocycles. The Hall–Kier alpha value is -1.53. The van der Waals surface area contributed by atoms with Crippen molar-refractivity contribution in [2.75, 3.05) is 6.61 Å². The molecule has 1 aromatic heterocycles. The standard InChI is InChI=1S/C12H13ClN2O3S/c1-3-18-12-8-10(4-5-11(12)13)19(16,17)15-7-6-14-9(15)2/h4-8H,3H2,1-2H3. The van der Waals surface area contributed by atoms with Gasteiger partial charge < -0.3 is 4.74 Å². The monoisotopic (exact) mass is 300 g/mol. The van der Waals surface area contributed by atoms with Crippen molar-refractivity contribution in [3.63, 3.8) is 0 Å². The van der Waals surface area contributed by atoms with E-state index in [1.165, 1.54) is 30.6 Å². The van der Waals surface area contributed by atoms with Crippen molar-refractivity contribution in [2.24, 2.45) is 0 Å². The third kappa shape index (κ3) is 2.59. The lowest BCUT2D eigenvalue weighted by atomic mass is 10.3. The van der Waals surface area contributed by atoms with Crippen molar-refractivity contribution in [3.8, 4) is 5.75 Å². The molecule has 1 aromatic carbocycles. The summed E-state index contributed by atoms with van der Waals surface area (Å²) in [5.74, 6) is 0.746. The third-order valence-corrected chi connectivity index (χ3v) is 4.61. The number of aromatic nitrogens is 2. The van der Waals surface area contributed by atoms with Crippen molar-refractivity contribution in [1.29, 1.82) is 0 Å². The highest BCUT2D eigenvalue weighted by atomic mass is 35.5. The number of benzene rings is 1. The zero-order valence-electron chi connectivity index (χ0n) is 10.5. The number of rotatable bonds is 4. The van der Waals surface area contributed by atoms with Gasteiger partial charge in [-0.25, -0.2) is 17.4 Å². The highest BCUT2D eigenvalue weighted by Crippen LogP contribution is 2.28. The molecule has 0 fully saturated rings. The summed E-state index contributed by atoms with van der Waals surface area (Å²) in [6.07, 6.45) is 2.84. The SMILES string of the molecule is CCOc1cc(S(=O)(=O)n2ccnc2C)ccc1Cl. The van der Waals surface area contributed by atoms with Crippen molar-refractivity contribution in [2.45, 2.75) is 18.7 Å². The molecular weight excluding hydrogens is 288 g/mol. The lowest BCUT2D eigenvalue weighted by Gasteiger charge is -2.10. The number of halogens is 1. The average Bonchev–Trinajstić information content (AvgIpc) is 2.79. The molecule has 0 aliphatic heterocycles. The van der Waals surface area contributed by atoms with E-state index in [-0.39, 0.29) is 4.90 Å². The van der Waals surface area contributed by atoms with E-state index >= 15 is 0 Å². The molecule has 0 radical (unpaired) electrons. The Morgan fingerprint density at radius 2 is 2.16 bits per heavy atom. The van der Waals surface area contributed by atoms with Crippen LogP contribution < -0.4 is 4.74 Å². The molecule has 0 bridgehead atoms. The van der Waals surface area contributed by atoms with E-state index in [1.54, 1.807) is 13.8 Å². The van der Waals surface area contributed by atoms with Crippen LogP contribution in [0.25, 0.3) is 0 Å². The van der Waals surface area contributed by atoms with Crippen LogP contribution in [-0.4, -0.2) is 24.0 Å². The maximum absolute atomic E-state index is 12.4. The topological polar surface area (TPSA) is 61.2 Å². The van der Waals surface area contributed by atoms with E-state index in [0.29, 0.717) is 23.2 Å². The Morgan fingerprint density at radius 1 is 1.42 bits per heavy atom. The molecule has 0 saturated carbocycles. The molecule has 19 heavy (non-hydrogen) atoms. The summed E-state index contributed by atoms with van der Waals surface area (Å²) in [5.41, 5.74) is 0. The zero-order valence-corrected chi connectivity index (χ0v) is 12.1. The first kappa shape index (κ1) is 13.9. The van der Waals surface area contributed by atoms with Crippen molar-refractivity contribution in [1.82, 2.24) is 8.96 Å². The summed E-state index contributed by atoms with van der Waals surface area (Å²) in [5, 5.41) is 0.378. The molecule has 0 spiro atoms. The van der Waals surface area contributed by atoms with Gasteiger partial charge in [0.2, 0.25) is 0 Å². The van der Waals surface area contributed by atoms with Gasteiger partial charge in [-0.2, -0.15) is 0 Å². The van der Waals surface area contributed by atoms with E-state index in [4.69, 9.17) is 16.3 Å². The predicted molar refractivity (Wildman–Crippen MR) is 72.2 cm³/mol. The minimum Gasteiger partial charge on any atom is -0.492 e. The quantitative estimate of drug-likeness (QED) is 0.870. The fraction of sp³-hybridized carbons (Fsp3) is 0.250. The van der Waals surface area contributed by atoms with Gasteiger partial charge in [0, 0.05) is 18.5 Å². The lowest BCUT2D eigenvalue weighted by molar-refractivity contribution is 0.339. The zero-order chi connectivity index (χ0) is 14.0. The fourth-order valence-corrected chi connectivity index (χ4v) is 3.15. The maximum Gasteiger partial charge on any atom is 0.269 e. The van der Waals surface area contributed by atoms with Gasteiger partial charge in [0.1, 0.15) is 11.6 Å². The van der Waals surface area contributed by atoms with Crippen molar-refractivity contribution >= 4 is 21.6 Å². The Bertz CT molecular complexity index is 695. The molecule has 2 aromatic rings. The van der Waals surface area contributed by atoms with Gasteiger partial charge in [0.05, 0.1) is 16.5 Å². The molecule has 2 rings (SSSR count). The maximum atomic E-state index is 12.4. The number of ether oxygens (including phenoxy) is 1. The van der Waals surface area contributed by atoms with Crippen LogP contribution in [-0.2, 0) is 10.0 Å². The second-order valence-corrected chi connectivity index (χ2v) is 6.02. The number of hydrogen-bond acceptors (Lipinski definition) is 4. The Labute approximate surface area is 116 Å². The third-order valence-electron chi connectivity index (χ3n) is 2.54. The Balaban J connectivity index is 2.53. The van der Waals surface area contributed by atoms with E-state index in [2.05, 4.69) is 4.98 Å². The summed E-state index contributed by atoms with van der Waals surface area (Å²) in [4.78, 5) is 4.02. The molecule has 0 aliphatic carbocycles. The summed E-state index contributed by atoms with van der Waals surface area (Å²) >= 11 is 5.94. The molecule has 0 unspecified atom stereocenters. The minimum absolute atomic E-state index is 0.112. The van der Waals surface area contributed by atoms with E-state index in [1.807, 2.05) is 0 Å². The van der Waals surface area contributed by atoms with Gasteiger partial charge in [0.15, 0.2) is 0 Å². The summed E-state index contributed by atoms with van der Waals surface area (Å²) in [6.45, 7) is 3.84. The van der Waals surface area contributed by atoms with Crippen LogP contribution in [0.3, 0.4) is 0 Å². The Morgan fingerprint density at radius 3 is 2.74 bits per heavy atom. The fourth-order valence-electron chi connectivity index (χ4n) is 1.64. The molecule has 102 valence electrons. The molecular formula is C12H13ClN2O3S. The van der Waals surface area contributed by atoms with Crippen LogP contribution in [0.1, 0.15) is 12.7 Å². The van der Waals surface area contributed by atoms with Crippen LogP contribution in [0.5, 0.6) is 5.75 Å². The van der Waals surface area contributed by atoms with Gasteiger partial charge in [-0.15, -0.1) is 0 Å². The smallest absolute Gasteiger partial charge is 0.269 e. The number of nitrogens with zero attached hydrogens (tertiary/aromatic N) is 2. The first-order chi connectivity index (χ1) is 8.96. The first-order valence-corrected chi connectivity index (χ1v) is 7.46. The predicted octanol–water partition coefficient (Wildman–Crippen LogP) is 2.48. The molecule has 0 atom stereocenters. The highest BCUT2D eigenvalue weighted by molar-refractivity contribution is 7.90. The minimum atomic E-state index is -3.67. The number of imidazole rings is 1. The van der Waals surface area contributed by atoms with Crippen LogP contribution in [0, 0.1) is 6.92 Å². The molecule has 0 saturated heterocycles. The second kappa shape index (κ2) is 5.22. The van der Waals surface area contributed by atoms with E-state index in [0.717, 1.165) is 3.97 Å². The summed E-state index contributed by atoms with van der Waals surface area (Å²) < 4.78 is 31.2. The summed E-state index contributed by atoms with van der Waals surface area (Å²) in [7, 11) is -3.67. The van der Waals surface area contributed by atoms with Crippen LogP contribution >= 0.6 is 11.6 Å². The van der Waals surface area contributed by atoms with Crippen LogP contribution in [0.2, 0.25) is 5.02 Å². The highest BCUT2D eigenvalue weighted by Gasteiger charge is 2.20. The van der Waals surface area contributed by atoms with E-state index < -0.39 is 10.0 Å². The lowest BCUT2D eigenvalue weighted by Crippen LogP contribution is -2.13. The number of aryl methyl sites for hydroxylation is 1.